The van der Waals surface area contributed by atoms with E-state index in [0.29, 0.717) is 25.8 Å². The highest BCUT2D eigenvalue weighted by molar-refractivity contribution is 7.09. The second-order valence-electron chi connectivity index (χ2n) is 6.35. The number of hydrogen-bond acceptors (Lipinski definition) is 4. The first-order chi connectivity index (χ1) is 11.2. The lowest BCUT2D eigenvalue weighted by Gasteiger charge is -2.33. The lowest BCUT2D eigenvalue weighted by Crippen LogP contribution is -2.42. The molecule has 2 unspecified atom stereocenters. The molecule has 0 spiro atoms. The highest BCUT2D eigenvalue weighted by atomic mass is 32.1. The van der Waals surface area contributed by atoms with Gasteiger partial charge in [0, 0.05) is 17.5 Å². The molecule has 0 radical (unpaired) electrons. The lowest BCUT2D eigenvalue weighted by atomic mass is 9.87. The fourth-order valence-corrected chi connectivity index (χ4v) is 3.92. The first kappa shape index (κ1) is 16.7. The Bertz CT molecular complexity index is 599. The SMILES string of the molecule is CN(CC(O)COCc1cccs1)C1CCc2ccccc2C1. The van der Waals surface area contributed by atoms with Crippen LogP contribution >= 0.6 is 11.3 Å². The Kier molecular flexibility index (Phi) is 5.84. The summed E-state index contributed by atoms with van der Waals surface area (Å²) < 4.78 is 5.62. The van der Waals surface area contributed by atoms with Gasteiger partial charge in [-0.25, -0.2) is 0 Å². The van der Waals surface area contributed by atoms with Crippen LogP contribution in [0.3, 0.4) is 0 Å². The second-order valence-corrected chi connectivity index (χ2v) is 7.39. The molecule has 23 heavy (non-hydrogen) atoms. The summed E-state index contributed by atoms with van der Waals surface area (Å²) in [5.74, 6) is 0. The van der Waals surface area contributed by atoms with Crippen LogP contribution in [0.5, 0.6) is 0 Å². The summed E-state index contributed by atoms with van der Waals surface area (Å²) in [4.78, 5) is 3.49. The third kappa shape index (κ3) is 4.64. The third-order valence-electron chi connectivity index (χ3n) is 4.58. The molecule has 3 nitrogen and oxygen atoms in total. The monoisotopic (exact) mass is 331 g/mol. The molecule has 0 bridgehead atoms. The van der Waals surface area contributed by atoms with Gasteiger partial charge in [0.1, 0.15) is 0 Å². The van der Waals surface area contributed by atoms with Crippen molar-refractivity contribution in [2.75, 3.05) is 20.2 Å². The molecule has 1 heterocycles. The fourth-order valence-electron chi connectivity index (χ4n) is 3.28. The average Bonchev–Trinajstić information content (AvgIpc) is 3.07. The molecule has 0 saturated heterocycles. The lowest BCUT2D eigenvalue weighted by molar-refractivity contribution is 0.00736. The van der Waals surface area contributed by atoms with Gasteiger partial charge in [0.2, 0.25) is 0 Å². The molecule has 124 valence electrons. The van der Waals surface area contributed by atoms with E-state index in [0.717, 1.165) is 19.3 Å². The summed E-state index contributed by atoms with van der Waals surface area (Å²) in [5, 5.41) is 12.3. The third-order valence-corrected chi connectivity index (χ3v) is 5.43. The van der Waals surface area contributed by atoms with E-state index in [2.05, 4.69) is 42.3 Å². The molecule has 0 fully saturated rings. The van der Waals surface area contributed by atoms with Crippen molar-refractivity contribution in [3.8, 4) is 0 Å². The largest absolute Gasteiger partial charge is 0.389 e. The zero-order chi connectivity index (χ0) is 16.1. The number of likely N-dealkylation sites (N-methyl/N-ethyl adjacent to an activating group) is 1. The van der Waals surface area contributed by atoms with E-state index < -0.39 is 6.10 Å². The Labute approximate surface area is 142 Å². The molecular weight excluding hydrogens is 306 g/mol. The number of rotatable bonds is 7. The number of hydrogen-bond donors (Lipinski definition) is 1. The van der Waals surface area contributed by atoms with Crippen molar-refractivity contribution in [2.24, 2.45) is 0 Å². The van der Waals surface area contributed by atoms with Gasteiger partial charge in [-0.05, 0) is 48.9 Å². The Hall–Kier alpha value is -1.20. The van der Waals surface area contributed by atoms with Gasteiger partial charge in [-0.15, -0.1) is 11.3 Å². The van der Waals surface area contributed by atoms with Crippen LogP contribution in [0.25, 0.3) is 0 Å². The van der Waals surface area contributed by atoms with E-state index in [9.17, 15) is 5.11 Å². The van der Waals surface area contributed by atoms with Gasteiger partial charge in [-0.2, -0.15) is 0 Å². The van der Waals surface area contributed by atoms with Gasteiger partial charge in [0.05, 0.1) is 19.3 Å². The second kappa shape index (κ2) is 8.06. The first-order valence-corrected chi connectivity index (χ1v) is 9.15. The number of aliphatic hydroxyl groups is 1. The number of fused-ring (bicyclic) bond motifs is 1. The molecule has 2 atom stereocenters. The van der Waals surface area contributed by atoms with Gasteiger partial charge in [-0.3, -0.25) is 0 Å². The molecule has 1 aromatic carbocycles. The summed E-state index contributed by atoms with van der Waals surface area (Å²) in [6.07, 6.45) is 2.94. The summed E-state index contributed by atoms with van der Waals surface area (Å²) in [5.41, 5.74) is 2.94. The number of nitrogens with zero attached hydrogens (tertiary/aromatic N) is 1. The quantitative estimate of drug-likeness (QED) is 0.846. The van der Waals surface area contributed by atoms with Crippen molar-refractivity contribution in [2.45, 2.75) is 38.0 Å². The number of benzene rings is 1. The molecule has 4 heteroatoms. The van der Waals surface area contributed by atoms with E-state index in [1.165, 1.54) is 16.0 Å². The van der Waals surface area contributed by atoms with E-state index in [1.807, 2.05) is 11.4 Å². The van der Waals surface area contributed by atoms with Crippen molar-refractivity contribution in [1.82, 2.24) is 4.90 Å². The normalized spacial score (nSPS) is 18.8. The van der Waals surface area contributed by atoms with Crippen molar-refractivity contribution >= 4 is 11.3 Å². The molecule has 1 aromatic heterocycles. The van der Waals surface area contributed by atoms with Crippen molar-refractivity contribution < 1.29 is 9.84 Å². The molecule has 1 N–H and O–H groups in total. The molecule has 3 rings (SSSR count). The van der Waals surface area contributed by atoms with Crippen LogP contribution in [0.15, 0.2) is 41.8 Å². The Morgan fingerprint density at radius 1 is 1.26 bits per heavy atom. The van der Waals surface area contributed by atoms with Crippen molar-refractivity contribution in [1.29, 1.82) is 0 Å². The van der Waals surface area contributed by atoms with Crippen LogP contribution in [0, 0.1) is 0 Å². The van der Waals surface area contributed by atoms with E-state index >= 15 is 0 Å². The first-order valence-electron chi connectivity index (χ1n) is 8.27. The minimum atomic E-state index is -0.433. The summed E-state index contributed by atoms with van der Waals surface area (Å²) >= 11 is 1.69. The van der Waals surface area contributed by atoms with Gasteiger partial charge in [-0.1, -0.05) is 30.3 Å². The summed E-state index contributed by atoms with van der Waals surface area (Å²) in [6.45, 7) is 1.65. The average molecular weight is 331 g/mol. The predicted molar refractivity (Wildman–Crippen MR) is 94.9 cm³/mol. The Morgan fingerprint density at radius 3 is 2.87 bits per heavy atom. The molecule has 0 amide bonds. The predicted octanol–water partition coefficient (Wildman–Crippen LogP) is 3.11. The number of aryl methyl sites for hydroxylation is 1. The van der Waals surface area contributed by atoms with E-state index in [-0.39, 0.29) is 0 Å². The number of ether oxygens (including phenoxy) is 1. The Balaban J connectivity index is 1.43. The highest BCUT2D eigenvalue weighted by Gasteiger charge is 2.23. The Morgan fingerprint density at radius 2 is 2.09 bits per heavy atom. The summed E-state index contributed by atoms with van der Waals surface area (Å²) in [6, 6.07) is 13.3. The van der Waals surface area contributed by atoms with Gasteiger partial charge >= 0.3 is 0 Å². The standard InChI is InChI=1S/C19H25NO2S/c1-20(12-18(21)13-22-14-19-7-4-10-23-19)17-9-8-15-5-2-3-6-16(15)11-17/h2-7,10,17-18,21H,8-9,11-14H2,1H3. The number of aliphatic hydroxyl groups excluding tert-OH is 1. The summed E-state index contributed by atoms with van der Waals surface area (Å²) in [7, 11) is 2.11. The van der Waals surface area contributed by atoms with E-state index in [1.54, 1.807) is 11.3 Å². The zero-order valence-electron chi connectivity index (χ0n) is 13.6. The van der Waals surface area contributed by atoms with Crippen LogP contribution in [0.1, 0.15) is 22.4 Å². The smallest absolute Gasteiger partial charge is 0.0900 e. The van der Waals surface area contributed by atoms with Crippen LogP contribution in [-0.2, 0) is 24.2 Å². The molecule has 1 aliphatic rings. The molecular formula is C19H25NO2S. The molecule has 2 aromatic rings. The fraction of sp³-hybridized carbons (Fsp3) is 0.474. The van der Waals surface area contributed by atoms with Crippen molar-refractivity contribution in [3.63, 3.8) is 0 Å². The maximum Gasteiger partial charge on any atom is 0.0900 e. The molecule has 1 aliphatic carbocycles. The van der Waals surface area contributed by atoms with Crippen LogP contribution < -0.4 is 0 Å². The highest BCUT2D eigenvalue weighted by Crippen LogP contribution is 2.23. The zero-order valence-corrected chi connectivity index (χ0v) is 14.5. The van der Waals surface area contributed by atoms with Crippen LogP contribution in [-0.4, -0.2) is 42.4 Å². The maximum atomic E-state index is 10.2. The minimum Gasteiger partial charge on any atom is -0.389 e. The number of thiophene rings is 1. The van der Waals surface area contributed by atoms with Crippen molar-refractivity contribution in [3.05, 3.63) is 57.8 Å². The molecule has 0 aliphatic heterocycles. The maximum absolute atomic E-state index is 10.2. The van der Waals surface area contributed by atoms with E-state index in [4.69, 9.17) is 4.74 Å². The van der Waals surface area contributed by atoms with Crippen LogP contribution in [0.4, 0.5) is 0 Å². The molecule has 0 saturated carbocycles. The van der Waals surface area contributed by atoms with Gasteiger partial charge in [0.25, 0.3) is 0 Å². The topological polar surface area (TPSA) is 32.7 Å². The van der Waals surface area contributed by atoms with Crippen LogP contribution in [0.2, 0.25) is 0 Å². The van der Waals surface area contributed by atoms with Gasteiger partial charge < -0.3 is 14.7 Å². The van der Waals surface area contributed by atoms with Gasteiger partial charge in [0.15, 0.2) is 0 Å². The minimum absolute atomic E-state index is 0.394.